The molecule has 0 radical (unpaired) electrons. The quantitative estimate of drug-likeness (QED) is 0.225. The van der Waals surface area contributed by atoms with E-state index in [-0.39, 0.29) is 37.0 Å². The van der Waals surface area contributed by atoms with Crippen LogP contribution < -0.4 is 11.1 Å². The number of hydrogen-bond acceptors (Lipinski definition) is 10. The predicted molar refractivity (Wildman–Crippen MR) is 147 cm³/mol. The number of nitrogens with two attached hydrogens (primary N) is 1. The third kappa shape index (κ3) is 7.36. The number of rotatable bonds is 7. The molecule has 0 aliphatic carbocycles. The normalized spacial score (nSPS) is 26.6. The first kappa shape index (κ1) is 29.5. The molecule has 3 heterocycles. The largest absolute Gasteiger partial charge is 0.461 e. The van der Waals surface area contributed by atoms with E-state index in [4.69, 9.17) is 19.9 Å². The molecule has 4 rings (SSSR count). The Morgan fingerprint density at radius 3 is 2.73 bits per heavy atom. The third-order valence-electron chi connectivity index (χ3n) is 7.70. The second-order valence-electron chi connectivity index (χ2n) is 10.6. The predicted octanol–water partition coefficient (Wildman–Crippen LogP) is 2.42. The highest BCUT2D eigenvalue weighted by Gasteiger charge is 2.45. The molecule has 40 heavy (non-hydrogen) atoms. The summed E-state index contributed by atoms with van der Waals surface area (Å²) in [5.41, 5.74) is 8.20. The standard InChI is InChI=1S/C28H40N6O6/c1-18-24(35)10-9-22(38-3)11-12-30-19(2)26-25(17-39-27(18)36)40-28(37)34(26)14-5-4-13-33-16-23(31-32-33)20-7-6-8-21(29)15-20/h6-8,15-16,18-19,22,25-26,30H,4-5,9-14,17,29H2,1-3H3. The van der Waals surface area contributed by atoms with Crippen molar-refractivity contribution in [3.63, 3.8) is 0 Å². The minimum Gasteiger partial charge on any atom is -0.461 e. The number of amides is 1. The SMILES string of the molecule is COC1CCNC(C)C2C(COC(=O)C(C)C(=O)CC1)OC(=O)N2CCCCn1cc(-c2cccc(N)c2)nn1. The highest BCUT2D eigenvalue weighted by Crippen LogP contribution is 2.25. The van der Waals surface area contributed by atoms with Crippen molar-refractivity contribution in [1.82, 2.24) is 25.2 Å². The molecule has 2 aromatic rings. The number of hydrogen-bond donors (Lipinski definition) is 2. The zero-order valence-electron chi connectivity index (χ0n) is 23.5. The summed E-state index contributed by atoms with van der Waals surface area (Å²) in [6.45, 7) is 5.23. The van der Waals surface area contributed by atoms with Crippen LogP contribution in [-0.2, 0) is 30.3 Å². The van der Waals surface area contributed by atoms with Crippen LogP contribution in [0.5, 0.6) is 0 Å². The Morgan fingerprint density at radius 2 is 1.95 bits per heavy atom. The average molecular weight is 557 g/mol. The fourth-order valence-electron chi connectivity index (χ4n) is 5.26. The molecular formula is C28H40N6O6. The lowest BCUT2D eigenvalue weighted by atomic mass is 9.98. The Kier molecular flexibility index (Phi) is 10.1. The Balaban J connectivity index is 1.37. The minimum atomic E-state index is -0.876. The minimum absolute atomic E-state index is 0.0954. The number of fused-ring (bicyclic) bond motifs is 1. The fourth-order valence-corrected chi connectivity index (χ4v) is 5.26. The van der Waals surface area contributed by atoms with Crippen LogP contribution in [0, 0.1) is 5.92 Å². The van der Waals surface area contributed by atoms with Gasteiger partial charge in [0.15, 0.2) is 6.10 Å². The molecule has 3 N–H and O–H groups in total. The van der Waals surface area contributed by atoms with E-state index in [1.54, 1.807) is 23.6 Å². The average Bonchev–Trinajstić information content (AvgIpc) is 3.54. The number of nitrogens with one attached hydrogen (secondary N) is 1. The maximum absolute atomic E-state index is 12.9. The van der Waals surface area contributed by atoms with Gasteiger partial charge in [-0.1, -0.05) is 17.3 Å². The highest BCUT2D eigenvalue weighted by molar-refractivity contribution is 5.98. The zero-order valence-corrected chi connectivity index (χ0v) is 23.5. The molecule has 218 valence electrons. The topological polar surface area (TPSA) is 151 Å². The molecular weight excluding hydrogens is 516 g/mol. The number of nitrogens with zero attached hydrogens (tertiary/aromatic N) is 4. The molecule has 0 bridgehead atoms. The van der Waals surface area contributed by atoms with Crippen LogP contribution in [0.4, 0.5) is 10.5 Å². The number of carbonyl (C=O) groups is 3. The van der Waals surface area contributed by atoms with Gasteiger partial charge in [-0.2, -0.15) is 0 Å². The lowest BCUT2D eigenvalue weighted by Crippen LogP contribution is -2.52. The number of carbonyl (C=O) groups excluding carboxylic acids is 3. The number of ketones is 1. The molecule has 2 aliphatic heterocycles. The van der Waals surface area contributed by atoms with Gasteiger partial charge < -0.3 is 25.3 Å². The summed E-state index contributed by atoms with van der Waals surface area (Å²) in [5.74, 6) is -1.66. The zero-order chi connectivity index (χ0) is 28.6. The van der Waals surface area contributed by atoms with E-state index in [9.17, 15) is 14.4 Å². The van der Waals surface area contributed by atoms with Gasteiger partial charge in [-0.3, -0.25) is 19.2 Å². The second kappa shape index (κ2) is 13.7. The molecule has 12 heteroatoms. The van der Waals surface area contributed by atoms with Gasteiger partial charge >= 0.3 is 12.1 Å². The van der Waals surface area contributed by atoms with Gasteiger partial charge in [-0.25, -0.2) is 4.79 Å². The summed E-state index contributed by atoms with van der Waals surface area (Å²) in [7, 11) is 1.62. The molecule has 0 saturated carbocycles. The van der Waals surface area contributed by atoms with Crippen molar-refractivity contribution in [1.29, 1.82) is 0 Å². The van der Waals surface area contributed by atoms with Gasteiger partial charge in [0, 0.05) is 43.9 Å². The van der Waals surface area contributed by atoms with Crippen LogP contribution >= 0.6 is 0 Å². The number of esters is 1. The van der Waals surface area contributed by atoms with Crippen molar-refractivity contribution in [2.24, 2.45) is 5.92 Å². The summed E-state index contributed by atoms with van der Waals surface area (Å²) in [4.78, 5) is 39.7. The van der Waals surface area contributed by atoms with Gasteiger partial charge in [-0.15, -0.1) is 5.10 Å². The lowest BCUT2D eigenvalue weighted by Gasteiger charge is -2.31. The number of aromatic nitrogens is 3. The molecule has 2 fully saturated rings. The van der Waals surface area contributed by atoms with E-state index in [0.717, 1.165) is 24.1 Å². The lowest BCUT2D eigenvalue weighted by molar-refractivity contribution is -0.154. The van der Waals surface area contributed by atoms with E-state index in [1.807, 2.05) is 37.4 Å². The van der Waals surface area contributed by atoms with Crippen LogP contribution in [-0.4, -0.2) is 88.8 Å². The number of nitrogen functional groups attached to an aromatic ring is 1. The summed E-state index contributed by atoms with van der Waals surface area (Å²) in [6, 6.07) is 7.04. The first-order valence-electron chi connectivity index (χ1n) is 14.0. The first-order chi connectivity index (χ1) is 19.3. The summed E-state index contributed by atoms with van der Waals surface area (Å²) in [5, 5.41) is 11.9. The number of methoxy groups -OCH3 is 1. The van der Waals surface area contributed by atoms with Crippen LogP contribution in [0.2, 0.25) is 0 Å². The molecule has 1 aromatic heterocycles. The number of benzene rings is 1. The van der Waals surface area contributed by atoms with Crippen molar-refractivity contribution in [2.75, 3.05) is 32.5 Å². The molecule has 0 spiro atoms. The Bertz CT molecular complexity index is 1170. The molecule has 5 unspecified atom stereocenters. The highest BCUT2D eigenvalue weighted by atomic mass is 16.6. The molecule has 5 atom stereocenters. The number of ether oxygens (including phenoxy) is 3. The van der Waals surface area contributed by atoms with Gasteiger partial charge in [0.1, 0.15) is 24.0 Å². The smallest absolute Gasteiger partial charge is 0.410 e. The first-order valence-corrected chi connectivity index (χ1v) is 14.0. The van der Waals surface area contributed by atoms with Crippen molar-refractivity contribution in [2.45, 2.75) is 76.8 Å². The van der Waals surface area contributed by atoms with Crippen molar-refractivity contribution in [3.05, 3.63) is 30.5 Å². The molecule has 1 aromatic carbocycles. The number of Topliss-reactive ketones (excluding diaryl/α,β-unsaturated/α-hetero) is 1. The van der Waals surface area contributed by atoms with Crippen LogP contribution in [0.1, 0.15) is 46.0 Å². The molecule has 12 nitrogen and oxygen atoms in total. The second-order valence-corrected chi connectivity index (χ2v) is 10.6. The maximum Gasteiger partial charge on any atom is 0.410 e. The summed E-state index contributed by atoms with van der Waals surface area (Å²) >= 11 is 0. The Hall–Kier alpha value is -3.51. The van der Waals surface area contributed by atoms with E-state index < -0.39 is 24.1 Å². The van der Waals surface area contributed by atoms with Crippen molar-refractivity contribution >= 4 is 23.5 Å². The van der Waals surface area contributed by atoms with E-state index in [2.05, 4.69) is 15.6 Å². The van der Waals surface area contributed by atoms with Gasteiger partial charge in [0.25, 0.3) is 0 Å². The Labute approximate surface area is 234 Å². The maximum atomic E-state index is 12.9. The molecule has 2 aliphatic rings. The summed E-state index contributed by atoms with van der Waals surface area (Å²) in [6.07, 6.45) is 3.67. The van der Waals surface area contributed by atoms with Crippen LogP contribution in [0.25, 0.3) is 11.3 Å². The molecule has 1 amide bonds. The summed E-state index contributed by atoms with van der Waals surface area (Å²) < 4.78 is 18.4. The number of anilines is 1. The fraction of sp³-hybridized carbons (Fsp3) is 0.607. The number of unbranched alkanes of at least 4 members (excludes halogenated alkanes) is 1. The van der Waals surface area contributed by atoms with Gasteiger partial charge in [0.2, 0.25) is 0 Å². The Morgan fingerprint density at radius 1 is 1.15 bits per heavy atom. The van der Waals surface area contributed by atoms with E-state index >= 15 is 0 Å². The van der Waals surface area contributed by atoms with E-state index in [0.29, 0.717) is 38.2 Å². The van der Waals surface area contributed by atoms with Crippen molar-refractivity contribution < 1.29 is 28.6 Å². The van der Waals surface area contributed by atoms with Crippen LogP contribution in [0.3, 0.4) is 0 Å². The van der Waals surface area contributed by atoms with Gasteiger partial charge in [-0.05, 0) is 58.2 Å². The van der Waals surface area contributed by atoms with Crippen LogP contribution in [0.15, 0.2) is 30.5 Å². The van der Waals surface area contributed by atoms with E-state index in [1.165, 1.54) is 0 Å². The van der Waals surface area contributed by atoms with Crippen molar-refractivity contribution in [3.8, 4) is 11.3 Å². The third-order valence-corrected chi connectivity index (χ3v) is 7.70. The number of aryl methyl sites for hydroxylation is 1. The molecule has 2 saturated heterocycles. The number of cyclic esters (lactones) is 1. The van der Waals surface area contributed by atoms with Gasteiger partial charge in [0.05, 0.1) is 18.3 Å². The monoisotopic (exact) mass is 556 g/mol.